The molecule has 1 saturated heterocycles. The Bertz CT molecular complexity index is 1150. The highest BCUT2D eigenvalue weighted by atomic mass is 32.2. The third-order valence-corrected chi connectivity index (χ3v) is 5.66. The maximum Gasteiger partial charge on any atom is 0.293 e. The van der Waals surface area contributed by atoms with E-state index in [0.29, 0.717) is 4.91 Å². The molecular formula is C25H21NO3S. The fourth-order valence-electron chi connectivity index (χ4n) is 3.32. The van der Waals surface area contributed by atoms with Gasteiger partial charge in [-0.3, -0.25) is 14.5 Å². The lowest BCUT2D eigenvalue weighted by molar-refractivity contribution is -0.123. The Hall–Kier alpha value is -3.31. The van der Waals surface area contributed by atoms with Crippen LogP contribution in [-0.2, 0) is 4.79 Å². The van der Waals surface area contributed by atoms with E-state index in [2.05, 4.69) is 0 Å². The fraction of sp³-hybridized carbons (Fsp3) is 0.120. The van der Waals surface area contributed by atoms with E-state index in [1.54, 1.807) is 6.08 Å². The molecule has 0 aromatic heterocycles. The predicted molar refractivity (Wildman–Crippen MR) is 122 cm³/mol. The molecule has 1 aliphatic heterocycles. The minimum absolute atomic E-state index is 0.215. The second kappa shape index (κ2) is 9.01. The maximum atomic E-state index is 12.7. The Morgan fingerprint density at radius 2 is 1.70 bits per heavy atom. The summed E-state index contributed by atoms with van der Waals surface area (Å²) in [5, 5.41) is 1.83. The predicted octanol–water partition coefficient (Wildman–Crippen LogP) is 5.90. The van der Waals surface area contributed by atoms with Crippen LogP contribution in [0.25, 0.3) is 16.8 Å². The van der Waals surface area contributed by atoms with Crippen molar-refractivity contribution in [3.05, 3.63) is 94.9 Å². The summed E-state index contributed by atoms with van der Waals surface area (Å²) < 4.78 is 5.89. The summed E-state index contributed by atoms with van der Waals surface area (Å²) >= 11 is 0.972. The standard InChI is InChI=1S/C25H21NO3S/c1-18(16-19-8-3-2-4-9-19)17-23-24(27)26(25(28)30-23)14-15-29-22-13-7-11-20-10-5-6-12-21(20)22/h2-13,16-17H,14-15H2,1H3/b18-16+,23-17-. The van der Waals surface area contributed by atoms with Crippen molar-refractivity contribution in [3.63, 3.8) is 0 Å². The average Bonchev–Trinajstić information content (AvgIpc) is 3.01. The van der Waals surface area contributed by atoms with E-state index in [9.17, 15) is 9.59 Å². The van der Waals surface area contributed by atoms with E-state index in [0.717, 1.165) is 39.4 Å². The number of ether oxygens (including phenoxy) is 1. The molecule has 0 atom stereocenters. The van der Waals surface area contributed by atoms with E-state index in [-0.39, 0.29) is 24.3 Å². The molecule has 1 fully saturated rings. The number of nitrogens with zero attached hydrogens (tertiary/aromatic N) is 1. The molecule has 4 nitrogen and oxygen atoms in total. The molecule has 0 radical (unpaired) electrons. The molecule has 0 bridgehead atoms. The smallest absolute Gasteiger partial charge is 0.293 e. The minimum atomic E-state index is -0.271. The van der Waals surface area contributed by atoms with Gasteiger partial charge in [-0.1, -0.05) is 72.8 Å². The molecule has 0 aliphatic carbocycles. The summed E-state index contributed by atoms with van der Waals surface area (Å²) in [5.74, 6) is 0.476. The SMILES string of the molecule is CC(/C=C1\SC(=O)N(CCOc2cccc3ccccc23)C1=O)=C\c1ccccc1. The first-order valence-electron chi connectivity index (χ1n) is 9.71. The van der Waals surface area contributed by atoms with Gasteiger partial charge in [-0.2, -0.15) is 0 Å². The van der Waals surface area contributed by atoms with Crippen molar-refractivity contribution in [1.82, 2.24) is 4.90 Å². The van der Waals surface area contributed by atoms with Gasteiger partial charge in [0.2, 0.25) is 0 Å². The zero-order valence-corrected chi connectivity index (χ0v) is 17.4. The number of hydrogen-bond donors (Lipinski definition) is 0. The van der Waals surface area contributed by atoms with Crippen molar-refractivity contribution in [2.75, 3.05) is 13.2 Å². The Labute approximate surface area is 179 Å². The van der Waals surface area contributed by atoms with Gasteiger partial charge in [0.1, 0.15) is 12.4 Å². The first-order chi connectivity index (χ1) is 14.6. The summed E-state index contributed by atoms with van der Waals surface area (Å²) in [7, 11) is 0. The van der Waals surface area contributed by atoms with Crippen molar-refractivity contribution in [2.45, 2.75) is 6.92 Å². The first kappa shape index (κ1) is 20.0. The number of rotatable bonds is 6. The van der Waals surface area contributed by atoms with E-state index in [1.165, 1.54) is 4.90 Å². The molecule has 0 N–H and O–H groups in total. The van der Waals surface area contributed by atoms with Gasteiger partial charge in [0.15, 0.2) is 0 Å². The van der Waals surface area contributed by atoms with Crippen LogP contribution >= 0.6 is 11.8 Å². The summed E-state index contributed by atoms with van der Waals surface area (Å²) in [6.45, 7) is 2.38. The number of allylic oxidation sites excluding steroid dienone is 2. The second-order valence-electron chi connectivity index (χ2n) is 6.96. The fourth-order valence-corrected chi connectivity index (χ4v) is 4.24. The number of imide groups is 1. The number of fused-ring (bicyclic) bond motifs is 1. The average molecular weight is 416 g/mol. The third-order valence-electron chi connectivity index (χ3n) is 4.75. The molecule has 0 spiro atoms. The lowest BCUT2D eigenvalue weighted by Crippen LogP contribution is -2.32. The molecular weight excluding hydrogens is 394 g/mol. The van der Waals surface area contributed by atoms with Crippen LogP contribution in [0.3, 0.4) is 0 Å². The summed E-state index contributed by atoms with van der Waals surface area (Å²) in [6.07, 6.45) is 3.75. The maximum absolute atomic E-state index is 12.7. The second-order valence-corrected chi connectivity index (χ2v) is 7.95. The molecule has 2 amide bonds. The molecule has 1 aliphatic rings. The molecule has 3 aromatic carbocycles. The van der Waals surface area contributed by atoms with Crippen LogP contribution in [0, 0.1) is 0 Å². The normalized spacial score (nSPS) is 16.0. The van der Waals surface area contributed by atoms with E-state index in [4.69, 9.17) is 4.74 Å². The first-order valence-corrected chi connectivity index (χ1v) is 10.5. The zero-order chi connectivity index (χ0) is 20.9. The van der Waals surface area contributed by atoms with Gasteiger partial charge in [-0.25, -0.2) is 0 Å². The molecule has 4 rings (SSSR count). The van der Waals surface area contributed by atoms with Crippen LogP contribution in [0.1, 0.15) is 12.5 Å². The Morgan fingerprint density at radius 3 is 2.53 bits per heavy atom. The van der Waals surface area contributed by atoms with Crippen molar-refractivity contribution < 1.29 is 14.3 Å². The highest BCUT2D eigenvalue weighted by Gasteiger charge is 2.34. The number of carbonyl (C=O) groups excluding carboxylic acids is 2. The lowest BCUT2D eigenvalue weighted by atomic mass is 10.1. The van der Waals surface area contributed by atoms with Crippen LogP contribution < -0.4 is 4.74 Å². The number of thioether (sulfide) groups is 1. The van der Waals surface area contributed by atoms with Crippen molar-refractivity contribution in [3.8, 4) is 5.75 Å². The van der Waals surface area contributed by atoms with Gasteiger partial charge in [-0.15, -0.1) is 0 Å². The van der Waals surface area contributed by atoms with Crippen molar-refractivity contribution in [1.29, 1.82) is 0 Å². The van der Waals surface area contributed by atoms with E-state index >= 15 is 0 Å². The molecule has 0 saturated carbocycles. The van der Waals surface area contributed by atoms with Crippen molar-refractivity contribution in [2.24, 2.45) is 0 Å². The van der Waals surface area contributed by atoms with Crippen LogP contribution in [0.15, 0.2) is 89.4 Å². The highest BCUT2D eigenvalue weighted by Crippen LogP contribution is 2.32. The van der Waals surface area contributed by atoms with Gasteiger partial charge >= 0.3 is 0 Å². The Morgan fingerprint density at radius 1 is 0.967 bits per heavy atom. The van der Waals surface area contributed by atoms with Gasteiger partial charge < -0.3 is 4.74 Å². The van der Waals surface area contributed by atoms with Gasteiger partial charge in [0, 0.05) is 5.39 Å². The zero-order valence-electron chi connectivity index (χ0n) is 16.6. The van der Waals surface area contributed by atoms with E-state index < -0.39 is 0 Å². The van der Waals surface area contributed by atoms with E-state index in [1.807, 2.05) is 85.8 Å². The topological polar surface area (TPSA) is 46.6 Å². The number of benzene rings is 3. The summed E-state index contributed by atoms with van der Waals surface area (Å²) in [5.41, 5.74) is 1.97. The molecule has 3 aromatic rings. The van der Waals surface area contributed by atoms with Crippen LogP contribution in [0.5, 0.6) is 5.75 Å². The van der Waals surface area contributed by atoms with Gasteiger partial charge in [0.25, 0.3) is 11.1 Å². The summed E-state index contributed by atoms with van der Waals surface area (Å²) in [6, 6.07) is 23.7. The van der Waals surface area contributed by atoms with Gasteiger partial charge in [0.05, 0.1) is 11.4 Å². The van der Waals surface area contributed by atoms with Crippen LogP contribution in [0.2, 0.25) is 0 Å². The number of amides is 2. The number of carbonyl (C=O) groups is 2. The summed E-state index contributed by atoms with van der Waals surface area (Å²) in [4.78, 5) is 26.7. The van der Waals surface area contributed by atoms with Gasteiger partial charge in [-0.05, 0) is 47.4 Å². The molecule has 1 heterocycles. The van der Waals surface area contributed by atoms with Crippen LogP contribution in [0.4, 0.5) is 4.79 Å². The Kier molecular flexibility index (Phi) is 6.00. The molecule has 30 heavy (non-hydrogen) atoms. The third kappa shape index (κ3) is 4.47. The largest absolute Gasteiger partial charge is 0.491 e. The van der Waals surface area contributed by atoms with Crippen molar-refractivity contribution >= 4 is 39.8 Å². The Balaban J connectivity index is 1.41. The molecule has 0 unspecified atom stereocenters. The highest BCUT2D eigenvalue weighted by molar-refractivity contribution is 8.18. The molecule has 150 valence electrons. The van der Waals surface area contributed by atoms with Crippen LogP contribution in [-0.4, -0.2) is 29.2 Å². The lowest BCUT2D eigenvalue weighted by Gasteiger charge is -2.14. The quantitative estimate of drug-likeness (QED) is 0.470. The monoisotopic (exact) mass is 415 g/mol. The molecule has 5 heteroatoms. The number of hydrogen-bond acceptors (Lipinski definition) is 4. The minimum Gasteiger partial charge on any atom is -0.491 e.